The van der Waals surface area contributed by atoms with E-state index < -0.39 is 5.82 Å². The van der Waals surface area contributed by atoms with Gasteiger partial charge in [0.1, 0.15) is 11.6 Å². The van der Waals surface area contributed by atoms with Gasteiger partial charge in [0.05, 0.1) is 4.47 Å². The van der Waals surface area contributed by atoms with Gasteiger partial charge in [-0.2, -0.15) is 0 Å². The van der Waals surface area contributed by atoms with Gasteiger partial charge in [0.15, 0.2) is 0 Å². The molecule has 0 aromatic heterocycles. The van der Waals surface area contributed by atoms with E-state index in [1.807, 2.05) is 0 Å². The minimum absolute atomic E-state index is 0.0879. The summed E-state index contributed by atoms with van der Waals surface area (Å²) in [6.07, 6.45) is 3.30. The van der Waals surface area contributed by atoms with E-state index in [4.69, 9.17) is 0 Å². The zero-order valence-corrected chi connectivity index (χ0v) is 10.7. The summed E-state index contributed by atoms with van der Waals surface area (Å²) in [4.78, 5) is 0. The van der Waals surface area contributed by atoms with Crippen molar-refractivity contribution in [3.05, 3.63) is 33.8 Å². The van der Waals surface area contributed by atoms with Crippen LogP contribution in [-0.4, -0.2) is 7.05 Å². The monoisotopic (exact) mass is 289 g/mol. The number of hydrogen-bond donors (Lipinski definition) is 1. The first-order valence-corrected chi connectivity index (χ1v) is 6.22. The van der Waals surface area contributed by atoms with Crippen LogP contribution in [0.5, 0.6) is 0 Å². The zero-order valence-electron chi connectivity index (χ0n) is 9.06. The van der Waals surface area contributed by atoms with E-state index in [-0.39, 0.29) is 16.3 Å². The predicted molar refractivity (Wildman–Crippen MR) is 63.2 cm³/mol. The van der Waals surface area contributed by atoms with Gasteiger partial charge in [-0.25, -0.2) is 8.78 Å². The van der Waals surface area contributed by atoms with E-state index in [2.05, 4.69) is 21.2 Å². The molecule has 1 aromatic carbocycles. The molecule has 0 bridgehead atoms. The second-order valence-corrected chi connectivity index (χ2v) is 5.16. The van der Waals surface area contributed by atoms with Crippen LogP contribution in [-0.2, 0) is 0 Å². The van der Waals surface area contributed by atoms with Crippen molar-refractivity contribution >= 4 is 15.9 Å². The normalized spacial score (nSPS) is 17.5. The quantitative estimate of drug-likeness (QED) is 0.832. The molecule has 1 saturated carbocycles. The van der Waals surface area contributed by atoms with Gasteiger partial charge in [-0.3, -0.25) is 0 Å². The molecule has 1 aliphatic rings. The maximum absolute atomic E-state index is 13.7. The molecule has 1 nitrogen and oxygen atoms in total. The molecule has 0 amide bonds. The Bertz CT molecular complexity index is 391. The van der Waals surface area contributed by atoms with Gasteiger partial charge < -0.3 is 5.32 Å². The number of rotatable bonds is 4. The minimum atomic E-state index is -0.410. The molecule has 0 aliphatic heterocycles. The number of halogens is 3. The Balaban J connectivity index is 2.25. The lowest BCUT2D eigenvalue weighted by Gasteiger charge is -2.17. The smallest absolute Gasteiger partial charge is 0.137 e. The molecular formula is C12H14BrF2N. The van der Waals surface area contributed by atoms with E-state index in [1.54, 1.807) is 7.05 Å². The molecule has 4 heteroatoms. The molecule has 1 aromatic rings. The summed E-state index contributed by atoms with van der Waals surface area (Å²) >= 11 is 2.98. The van der Waals surface area contributed by atoms with Gasteiger partial charge in [0.2, 0.25) is 0 Å². The molecule has 88 valence electrons. The molecule has 16 heavy (non-hydrogen) atoms. The highest BCUT2D eigenvalue weighted by Gasteiger charge is 2.27. The van der Waals surface area contributed by atoms with Crippen molar-refractivity contribution < 1.29 is 8.78 Å². The standard InChI is InChI=1S/C12H14BrF2N/c1-16-12(4-7-2-3-7)8-5-11(15)9(13)6-10(8)14/h5-7,12,16H,2-4H2,1H3. The first kappa shape index (κ1) is 12.0. The average molecular weight is 290 g/mol. The van der Waals surface area contributed by atoms with Gasteiger partial charge in [0.25, 0.3) is 0 Å². The Labute approximate surface area is 102 Å². The maximum atomic E-state index is 13.7. The fourth-order valence-corrected chi connectivity index (χ4v) is 2.21. The Morgan fingerprint density at radius 1 is 1.38 bits per heavy atom. The molecule has 1 atom stereocenters. The third-order valence-corrected chi connectivity index (χ3v) is 3.64. The van der Waals surface area contributed by atoms with Crippen LogP contribution in [0.15, 0.2) is 16.6 Å². The summed E-state index contributed by atoms with van der Waals surface area (Å²) in [5.74, 6) is -0.0933. The summed E-state index contributed by atoms with van der Waals surface area (Å²) < 4.78 is 27.2. The summed E-state index contributed by atoms with van der Waals surface area (Å²) in [5, 5.41) is 3.06. The Hall–Kier alpha value is -0.480. The van der Waals surface area contributed by atoms with Gasteiger partial charge in [0, 0.05) is 11.6 Å². The fraction of sp³-hybridized carbons (Fsp3) is 0.500. The molecule has 0 saturated heterocycles. The lowest BCUT2D eigenvalue weighted by atomic mass is 10.0. The van der Waals surface area contributed by atoms with Crippen molar-refractivity contribution in [1.82, 2.24) is 5.32 Å². The highest BCUT2D eigenvalue weighted by molar-refractivity contribution is 9.10. The highest BCUT2D eigenvalue weighted by Crippen LogP contribution is 2.38. The van der Waals surface area contributed by atoms with E-state index in [9.17, 15) is 8.78 Å². The second kappa shape index (κ2) is 4.80. The maximum Gasteiger partial charge on any atom is 0.137 e. The molecular weight excluding hydrogens is 276 g/mol. The Kier molecular flexibility index (Phi) is 3.60. The van der Waals surface area contributed by atoms with Gasteiger partial charge in [-0.15, -0.1) is 0 Å². The van der Waals surface area contributed by atoms with Crippen LogP contribution in [0.25, 0.3) is 0 Å². The van der Waals surface area contributed by atoms with Gasteiger partial charge >= 0.3 is 0 Å². The molecule has 0 radical (unpaired) electrons. The van der Waals surface area contributed by atoms with Crippen LogP contribution in [0.2, 0.25) is 0 Å². The number of nitrogens with one attached hydrogen (secondary N) is 1. The van der Waals surface area contributed by atoms with Crippen molar-refractivity contribution in [2.45, 2.75) is 25.3 Å². The van der Waals surface area contributed by atoms with Crippen LogP contribution in [0.4, 0.5) is 8.78 Å². The molecule has 2 rings (SSSR count). The van der Waals surface area contributed by atoms with E-state index >= 15 is 0 Å². The highest BCUT2D eigenvalue weighted by atomic mass is 79.9. The Morgan fingerprint density at radius 3 is 2.62 bits per heavy atom. The van der Waals surface area contributed by atoms with Gasteiger partial charge in [-0.1, -0.05) is 12.8 Å². The minimum Gasteiger partial charge on any atom is -0.313 e. The largest absolute Gasteiger partial charge is 0.313 e. The first-order valence-electron chi connectivity index (χ1n) is 5.43. The van der Waals surface area contributed by atoms with Crippen LogP contribution in [0.1, 0.15) is 30.9 Å². The third-order valence-electron chi connectivity index (χ3n) is 3.03. The second-order valence-electron chi connectivity index (χ2n) is 4.31. The molecule has 0 spiro atoms. The third kappa shape index (κ3) is 2.61. The number of hydrogen-bond acceptors (Lipinski definition) is 1. The van der Waals surface area contributed by atoms with Crippen molar-refractivity contribution in [3.63, 3.8) is 0 Å². The van der Waals surface area contributed by atoms with Crippen LogP contribution < -0.4 is 5.32 Å². The lowest BCUT2D eigenvalue weighted by Crippen LogP contribution is -2.18. The van der Waals surface area contributed by atoms with E-state index in [0.717, 1.165) is 6.42 Å². The summed E-state index contributed by atoms with van der Waals surface area (Å²) in [5.41, 5.74) is 0.426. The molecule has 1 fully saturated rings. The van der Waals surface area contributed by atoms with Crippen molar-refractivity contribution in [2.75, 3.05) is 7.05 Å². The lowest BCUT2D eigenvalue weighted by molar-refractivity contribution is 0.478. The topological polar surface area (TPSA) is 12.0 Å². The van der Waals surface area contributed by atoms with E-state index in [1.165, 1.54) is 25.0 Å². The van der Waals surface area contributed by atoms with Crippen LogP contribution >= 0.6 is 15.9 Å². The average Bonchev–Trinajstić information content (AvgIpc) is 3.04. The summed E-state index contributed by atoms with van der Waals surface area (Å²) in [7, 11) is 1.78. The first-order chi connectivity index (χ1) is 7.61. The SMILES string of the molecule is CNC(CC1CC1)c1cc(F)c(Br)cc1F. The molecule has 1 unspecified atom stereocenters. The zero-order chi connectivity index (χ0) is 11.7. The molecule has 0 heterocycles. The van der Waals surface area contributed by atoms with E-state index in [0.29, 0.717) is 11.5 Å². The van der Waals surface area contributed by atoms with Crippen molar-refractivity contribution in [3.8, 4) is 0 Å². The summed E-state index contributed by atoms with van der Waals surface area (Å²) in [6, 6.07) is 2.39. The number of benzene rings is 1. The fourth-order valence-electron chi connectivity index (χ4n) is 1.89. The molecule has 1 N–H and O–H groups in total. The van der Waals surface area contributed by atoms with Crippen LogP contribution in [0.3, 0.4) is 0 Å². The molecule has 1 aliphatic carbocycles. The van der Waals surface area contributed by atoms with Gasteiger partial charge in [-0.05, 0) is 47.4 Å². The predicted octanol–water partition coefficient (Wildman–Crippen LogP) is 3.79. The van der Waals surface area contributed by atoms with Crippen molar-refractivity contribution in [1.29, 1.82) is 0 Å². The summed E-state index contributed by atoms with van der Waals surface area (Å²) in [6.45, 7) is 0. The van der Waals surface area contributed by atoms with Crippen LogP contribution in [0, 0.1) is 17.6 Å². The van der Waals surface area contributed by atoms with Crippen molar-refractivity contribution in [2.24, 2.45) is 5.92 Å². The Morgan fingerprint density at radius 2 is 2.06 bits per heavy atom.